The first-order valence-corrected chi connectivity index (χ1v) is 12.8. The molecule has 188 valence electrons. The summed E-state index contributed by atoms with van der Waals surface area (Å²) in [6, 6.07) is 15.4. The Morgan fingerprint density at radius 1 is 0.917 bits per heavy atom. The van der Waals surface area contributed by atoms with Crippen LogP contribution in [0.1, 0.15) is 65.7 Å². The molecular formula is C29H34N4O3. The molecule has 1 aromatic heterocycles. The average Bonchev–Trinajstić information content (AvgIpc) is 2.92. The predicted octanol–water partition coefficient (Wildman–Crippen LogP) is 5.03. The summed E-state index contributed by atoms with van der Waals surface area (Å²) >= 11 is 0. The van der Waals surface area contributed by atoms with Crippen molar-refractivity contribution in [3.8, 4) is 0 Å². The number of anilines is 1. The van der Waals surface area contributed by atoms with Gasteiger partial charge in [0.15, 0.2) is 0 Å². The molecule has 0 saturated carbocycles. The van der Waals surface area contributed by atoms with E-state index < -0.39 is 5.91 Å². The van der Waals surface area contributed by atoms with Gasteiger partial charge in [-0.2, -0.15) is 0 Å². The molecule has 0 bridgehead atoms. The van der Waals surface area contributed by atoms with E-state index >= 15 is 0 Å². The smallest absolute Gasteiger partial charge is 0.267 e. The minimum absolute atomic E-state index is 0.102. The standard InChI is InChI=1S/C29H34N4O3/c34-27(33-36)18-15-21-13-16-22(17-14-21)29(35)31-20-8-2-1-7-19-30-28-23-9-3-5-11-25(23)32-26-12-6-4-10-24(26)28/h3,5,9,11,13-18,36H,1-2,4,6-8,10,12,19-20H2,(H,30,32)(H,31,35)(H,33,34). The van der Waals surface area contributed by atoms with Crippen LogP contribution in [0.25, 0.3) is 17.0 Å². The number of aryl methyl sites for hydroxylation is 1. The number of hydroxylamine groups is 1. The highest BCUT2D eigenvalue weighted by molar-refractivity contribution is 5.95. The van der Waals surface area contributed by atoms with E-state index in [0.29, 0.717) is 12.1 Å². The van der Waals surface area contributed by atoms with Gasteiger partial charge in [0.1, 0.15) is 0 Å². The normalized spacial score (nSPS) is 12.9. The Hall–Kier alpha value is -3.71. The van der Waals surface area contributed by atoms with Crippen molar-refractivity contribution in [2.24, 2.45) is 0 Å². The molecule has 4 rings (SSSR count). The van der Waals surface area contributed by atoms with Gasteiger partial charge in [0.25, 0.3) is 11.8 Å². The molecule has 1 aliphatic rings. The third kappa shape index (κ3) is 6.70. The van der Waals surface area contributed by atoms with Gasteiger partial charge in [-0.25, -0.2) is 5.48 Å². The quantitative estimate of drug-likeness (QED) is 0.132. The Morgan fingerprint density at radius 2 is 1.67 bits per heavy atom. The maximum Gasteiger partial charge on any atom is 0.267 e. The van der Waals surface area contributed by atoms with Crippen LogP contribution in [0, 0.1) is 0 Å². The average molecular weight is 487 g/mol. The lowest BCUT2D eigenvalue weighted by Gasteiger charge is -2.21. The number of benzene rings is 2. The van der Waals surface area contributed by atoms with Crippen LogP contribution >= 0.6 is 0 Å². The first-order valence-electron chi connectivity index (χ1n) is 12.8. The SMILES string of the molecule is O=C(C=Cc1ccc(C(=O)NCCCCCCNc2c3c(nc4ccccc24)CCCC3)cc1)NO. The molecule has 2 aromatic carbocycles. The highest BCUT2D eigenvalue weighted by atomic mass is 16.5. The molecular weight excluding hydrogens is 452 g/mol. The molecule has 2 amide bonds. The van der Waals surface area contributed by atoms with Crippen LogP contribution in [-0.2, 0) is 17.6 Å². The van der Waals surface area contributed by atoms with Crippen molar-refractivity contribution in [3.63, 3.8) is 0 Å². The van der Waals surface area contributed by atoms with Crippen LogP contribution in [0.2, 0.25) is 0 Å². The lowest BCUT2D eigenvalue weighted by Crippen LogP contribution is -2.24. The third-order valence-electron chi connectivity index (χ3n) is 6.57. The first kappa shape index (κ1) is 25.4. The Labute approximate surface area is 212 Å². The maximum absolute atomic E-state index is 12.3. The van der Waals surface area contributed by atoms with Gasteiger partial charge in [-0.15, -0.1) is 0 Å². The Morgan fingerprint density at radius 3 is 2.47 bits per heavy atom. The van der Waals surface area contributed by atoms with Gasteiger partial charge in [-0.3, -0.25) is 19.8 Å². The minimum Gasteiger partial charge on any atom is -0.384 e. The molecule has 0 atom stereocenters. The van der Waals surface area contributed by atoms with Crippen molar-refractivity contribution in [1.29, 1.82) is 0 Å². The molecule has 0 radical (unpaired) electrons. The zero-order valence-corrected chi connectivity index (χ0v) is 20.6. The van der Waals surface area contributed by atoms with Crippen molar-refractivity contribution in [2.75, 3.05) is 18.4 Å². The second-order valence-electron chi connectivity index (χ2n) is 9.16. The van der Waals surface area contributed by atoms with Crippen LogP contribution in [-0.4, -0.2) is 35.1 Å². The third-order valence-corrected chi connectivity index (χ3v) is 6.57. The van der Waals surface area contributed by atoms with Crippen LogP contribution in [0.3, 0.4) is 0 Å². The number of nitrogens with one attached hydrogen (secondary N) is 3. The summed E-state index contributed by atoms with van der Waals surface area (Å²) < 4.78 is 0. The summed E-state index contributed by atoms with van der Waals surface area (Å²) in [6.07, 6.45) is 11.6. The van der Waals surface area contributed by atoms with Gasteiger partial charge >= 0.3 is 0 Å². The molecule has 0 spiro atoms. The molecule has 3 aromatic rings. The molecule has 0 aliphatic heterocycles. The highest BCUT2D eigenvalue weighted by Crippen LogP contribution is 2.33. The van der Waals surface area contributed by atoms with E-state index in [2.05, 4.69) is 34.9 Å². The summed E-state index contributed by atoms with van der Waals surface area (Å²) in [5.74, 6) is -0.702. The second-order valence-corrected chi connectivity index (χ2v) is 9.16. The fourth-order valence-corrected chi connectivity index (χ4v) is 4.65. The van der Waals surface area contributed by atoms with Crippen molar-refractivity contribution >= 4 is 34.5 Å². The van der Waals surface area contributed by atoms with Crippen LogP contribution in [0.5, 0.6) is 0 Å². The van der Waals surface area contributed by atoms with Crippen LogP contribution in [0.4, 0.5) is 5.69 Å². The molecule has 36 heavy (non-hydrogen) atoms. The number of rotatable bonds is 11. The number of para-hydroxylation sites is 1. The predicted molar refractivity (Wildman–Crippen MR) is 143 cm³/mol. The van der Waals surface area contributed by atoms with E-state index in [1.165, 1.54) is 46.7 Å². The number of hydrogen-bond acceptors (Lipinski definition) is 5. The molecule has 7 nitrogen and oxygen atoms in total. The number of aromatic nitrogens is 1. The van der Waals surface area contributed by atoms with Crippen molar-refractivity contribution in [1.82, 2.24) is 15.8 Å². The summed E-state index contributed by atoms with van der Waals surface area (Å²) in [5, 5.41) is 16.4. The second kappa shape index (κ2) is 12.8. The molecule has 0 unspecified atom stereocenters. The minimum atomic E-state index is -0.600. The van der Waals surface area contributed by atoms with E-state index in [-0.39, 0.29) is 5.91 Å². The molecule has 0 fully saturated rings. The van der Waals surface area contributed by atoms with Gasteiger partial charge in [0.2, 0.25) is 0 Å². The molecule has 1 aliphatic carbocycles. The Kier molecular flexibility index (Phi) is 9.05. The fraction of sp³-hybridized carbons (Fsp3) is 0.345. The highest BCUT2D eigenvalue weighted by Gasteiger charge is 2.17. The summed E-state index contributed by atoms with van der Waals surface area (Å²) in [5.41, 5.74) is 7.91. The number of amides is 2. The lowest BCUT2D eigenvalue weighted by atomic mass is 9.92. The summed E-state index contributed by atoms with van der Waals surface area (Å²) in [7, 11) is 0. The fourth-order valence-electron chi connectivity index (χ4n) is 4.65. The lowest BCUT2D eigenvalue weighted by molar-refractivity contribution is -0.124. The monoisotopic (exact) mass is 486 g/mol. The molecule has 7 heteroatoms. The summed E-state index contributed by atoms with van der Waals surface area (Å²) in [6.45, 7) is 1.58. The van der Waals surface area contributed by atoms with Gasteiger partial charge in [-0.05, 0) is 73.9 Å². The molecule has 4 N–H and O–H groups in total. The van der Waals surface area contributed by atoms with E-state index in [1.807, 2.05) is 0 Å². The van der Waals surface area contributed by atoms with Crippen LogP contribution in [0.15, 0.2) is 54.6 Å². The number of pyridine rings is 1. The Bertz CT molecular complexity index is 1220. The molecule has 0 saturated heterocycles. The topological polar surface area (TPSA) is 103 Å². The number of carbonyl (C=O) groups is 2. The van der Waals surface area contributed by atoms with Gasteiger partial charge in [0.05, 0.1) is 5.52 Å². The van der Waals surface area contributed by atoms with Gasteiger partial charge < -0.3 is 10.6 Å². The number of unbranched alkanes of at least 4 members (excludes halogenated alkanes) is 3. The number of fused-ring (bicyclic) bond motifs is 2. The first-order chi connectivity index (χ1) is 17.7. The summed E-state index contributed by atoms with van der Waals surface area (Å²) in [4.78, 5) is 28.3. The van der Waals surface area contributed by atoms with Crippen LogP contribution < -0.4 is 16.1 Å². The van der Waals surface area contributed by atoms with E-state index in [1.54, 1.807) is 30.3 Å². The number of carbonyl (C=O) groups excluding carboxylic acids is 2. The Balaban J connectivity index is 1.16. The maximum atomic E-state index is 12.3. The number of nitrogens with zero attached hydrogens (tertiary/aromatic N) is 1. The van der Waals surface area contributed by atoms with Gasteiger partial charge in [-0.1, -0.05) is 43.2 Å². The zero-order valence-electron chi connectivity index (χ0n) is 20.6. The van der Waals surface area contributed by atoms with Gasteiger partial charge in [0, 0.05) is 41.5 Å². The van der Waals surface area contributed by atoms with Crippen molar-refractivity contribution in [3.05, 3.63) is 77.0 Å². The van der Waals surface area contributed by atoms with E-state index in [9.17, 15) is 9.59 Å². The van der Waals surface area contributed by atoms with Crippen molar-refractivity contribution in [2.45, 2.75) is 51.4 Å². The largest absolute Gasteiger partial charge is 0.384 e. The molecule has 1 heterocycles. The van der Waals surface area contributed by atoms with Crippen molar-refractivity contribution < 1.29 is 14.8 Å². The zero-order chi connectivity index (χ0) is 25.2. The number of hydrogen-bond donors (Lipinski definition) is 4. The van der Waals surface area contributed by atoms with E-state index in [4.69, 9.17) is 10.2 Å². The van der Waals surface area contributed by atoms with E-state index in [0.717, 1.165) is 56.1 Å².